The molecule has 2 rings (SSSR count). The Morgan fingerprint density at radius 3 is 2.80 bits per heavy atom. The van der Waals surface area contributed by atoms with E-state index in [0.717, 1.165) is 5.56 Å². The number of hydrogen-bond donors (Lipinski definition) is 3. The summed E-state index contributed by atoms with van der Waals surface area (Å²) in [5.41, 5.74) is 6.76. The van der Waals surface area contributed by atoms with E-state index >= 15 is 0 Å². The zero-order chi connectivity index (χ0) is 10.8. The van der Waals surface area contributed by atoms with E-state index in [1.807, 2.05) is 0 Å². The number of hydrogen-bond acceptors (Lipinski definition) is 4. The number of nitrogens with zero attached hydrogens (tertiary/aromatic N) is 2. The van der Waals surface area contributed by atoms with Crippen LogP contribution in [0.25, 0.3) is 0 Å². The smallest absolute Gasteiger partial charge is 0.248 e. The lowest BCUT2D eigenvalue weighted by atomic mass is 10.2. The van der Waals surface area contributed by atoms with Crippen LogP contribution in [0.1, 0.15) is 5.56 Å². The summed E-state index contributed by atoms with van der Waals surface area (Å²) >= 11 is 0. The molecular weight excluding hydrogens is 197 g/mol. The Morgan fingerprint density at radius 2 is 2.20 bits per heavy atom. The van der Waals surface area contributed by atoms with Gasteiger partial charge in [-0.2, -0.15) is 4.98 Å². The largest absolute Gasteiger partial charge is 0.368 e. The van der Waals surface area contributed by atoms with E-state index in [-0.39, 0.29) is 11.8 Å². The van der Waals surface area contributed by atoms with Crippen molar-refractivity contribution in [1.82, 2.24) is 15.2 Å². The molecule has 0 saturated carbocycles. The SMILES string of the molecule is Cc1cc(F)cc(Nc2n[nH]c(N)n2)c1. The first-order valence-electron chi connectivity index (χ1n) is 4.35. The van der Waals surface area contributed by atoms with E-state index in [9.17, 15) is 4.39 Å². The number of halogens is 1. The molecule has 0 aliphatic carbocycles. The van der Waals surface area contributed by atoms with E-state index in [1.165, 1.54) is 12.1 Å². The molecule has 15 heavy (non-hydrogen) atoms. The summed E-state index contributed by atoms with van der Waals surface area (Å²) in [5.74, 6) is 0.226. The number of rotatable bonds is 2. The number of anilines is 3. The first kappa shape index (κ1) is 9.45. The van der Waals surface area contributed by atoms with E-state index in [1.54, 1.807) is 13.0 Å². The second kappa shape index (κ2) is 3.56. The lowest BCUT2D eigenvalue weighted by molar-refractivity contribution is 0.627. The maximum atomic E-state index is 13.0. The van der Waals surface area contributed by atoms with Gasteiger partial charge in [0, 0.05) is 5.69 Å². The zero-order valence-corrected chi connectivity index (χ0v) is 8.08. The number of nitrogen functional groups attached to an aromatic ring is 1. The second-order valence-electron chi connectivity index (χ2n) is 3.19. The van der Waals surface area contributed by atoms with Crippen LogP contribution in [-0.4, -0.2) is 15.2 Å². The number of benzene rings is 1. The van der Waals surface area contributed by atoms with Gasteiger partial charge in [-0.25, -0.2) is 9.49 Å². The molecule has 0 unspecified atom stereocenters. The van der Waals surface area contributed by atoms with E-state index in [4.69, 9.17) is 5.73 Å². The molecule has 2 aromatic rings. The fourth-order valence-electron chi connectivity index (χ4n) is 1.27. The predicted molar refractivity (Wildman–Crippen MR) is 55.2 cm³/mol. The monoisotopic (exact) mass is 207 g/mol. The van der Waals surface area contributed by atoms with Gasteiger partial charge in [0.05, 0.1) is 0 Å². The number of aryl methyl sites for hydroxylation is 1. The van der Waals surface area contributed by atoms with Crippen LogP contribution in [0.15, 0.2) is 18.2 Å². The van der Waals surface area contributed by atoms with Gasteiger partial charge in [0.15, 0.2) is 0 Å². The van der Waals surface area contributed by atoms with Crippen molar-refractivity contribution in [2.75, 3.05) is 11.1 Å². The number of nitrogens with one attached hydrogen (secondary N) is 2. The second-order valence-corrected chi connectivity index (χ2v) is 3.19. The molecular formula is C9H10FN5. The van der Waals surface area contributed by atoms with Crippen LogP contribution in [0, 0.1) is 12.7 Å². The Kier molecular flexibility index (Phi) is 2.24. The summed E-state index contributed by atoms with van der Waals surface area (Å²) in [6.45, 7) is 1.81. The molecule has 4 N–H and O–H groups in total. The van der Waals surface area contributed by atoms with Crippen LogP contribution in [-0.2, 0) is 0 Å². The molecule has 78 valence electrons. The molecule has 5 nitrogen and oxygen atoms in total. The summed E-state index contributed by atoms with van der Waals surface area (Å²) in [4.78, 5) is 3.84. The minimum Gasteiger partial charge on any atom is -0.368 e. The molecule has 6 heteroatoms. The molecule has 0 aliphatic heterocycles. The molecule has 0 radical (unpaired) electrons. The Bertz CT molecular complexity index is 459. The third-order valence-electron chi connectivity index (χ3n) is 1.80. The molecule has 1 aromatic heterocycles. The first-order chi connectivity index (χ1) is 7.13. The molecule has 1 heterocycles. The molecule has 0 spiro atoms. The maximum absolute atomic E-state index is 13.0. The van der Waals surface area contributed by atoms with Crippen LogP contribution in [0.2, 0.25) is 0 Å². The highest BCUT2D eigenvalue weighted by Crippen LogP contribution is 2.16. The number of aromatic nitrogens is 3. The standard InChI is InChI=1S/C9H10FN5/c1-5-2-6(10)4-7(3-5)12-9-13-8(11)14-15-9/h2-4H,1H3,(H4,11,12,13,14,15). The summed E-state index contributed by atoms with van der Waals surface area (Å²) in [5, 5.41) is 9.09. The Hall–Kier alpha value is -2.11. The highest BCUT2D eigenvalue weighted by molar-refractivity contribution is 5.54. The van der Waals surface area contributed by atoms with Crippen molar-refractivity contribution in [3.8, 4) is 0 Å². The van der Waals surface area contributed by atoms with Gasteiger partial charge >= 0.3 is 0 Å². The van der Waals surface area contributed by atoms with Crippen LogP contribution < -0.4 is 11.1 Å². The van der Waals surface area contributed by atoms with Gasteiger partial charge in [0.25, 0.3) is 0 Å². The lowest BCUT2D eigenvalue weighted by Crippen LogP contribution is -1.94. The van der Waals surface area contributed by atoms with Crippen LogP contribution >= 0.6 is 0 Å². The molecule has 1 aromatic carbocycles. The Morgan fingerprint density at radius 1 is 1.40 bits per heavy atom. The Labute approximate surface area is 85.5 Å². The van der Waals surface area contributed by atoms with E-state index in [2.05, 4.69) is 20.5 Å². The van der Waals surface area contributed by atoms with Crippen molar-refractivity contribution in [3.63, 3.8) is 0 Å². The maximum Gasteiger partial charge on any atom is 0.248 e. The van der Waals surface area contributed by atoms with Crippen molar-refractivity contribution in [2.45, 2.75) is 6.92 Å². The topological polar surface area (TPSA) is 79.6 Å². The minimum absolute atomic E-state index is 0.214. The highest BCUT2D eigenvalue weighted by Gasteiger charge is 2.02. The van der Waals surface area contributed by atoms with Crippen LogP contribution in [0.5, 0.6) is 0 Å². The quantitative estimate of drug-likeness (QED) is 0.698. The lowest BCUT2D eigenvalue weighted by Gasteiger charge is -2.02. The van der Waals surface area contributed by atoms with Crippen molar-refractivity contribution in [1.29, 1.82) is 0 Å². The third kappa shape index (κ3) is 2.22. The molecule has 0 aliphatic rings. The number of aromatic amines is 1. The van der Waals surface area contributed by atoms with Gasteiger partial charge in [0.2, 0.25) is 11.9 Å². The van der Waals surface area contributed by atoms with E-state index in [0.29, 0.717) is 11.6 Å². The van der Waals surface area contributed by atoms with Crippen molar-refractivity contribution >= 4 is 17.6 Å². The van der Waals surface area contributed by atoms with Gasteiger partial charge in [0.1, 0.15) is 5.82 Å². The van der Waals surface area contributed by atoms with Gasteiger partial charge in [-0.3, -0.25) is 0 Å². The van der Waals surface area contributed by atoms with Crippen molar-refractivity contribution in [2.24, 2.45) is 0 Å². The predicted octanol–water partition coefficient (Wildman–Crippen LogP) is 1.58. The summed E-state index contributed by atoms with van der Waals surface area (Å²) < 4.78 is 13.0. The fraction of sp³-hybridized carbons (Fsp3) is 0.111. The zero-order valence-electron chi connectivity index (χ0n) is 8.08. The highest BCUT2D eigenvalue weighted by atomic mass is 19.1. The summed E-state index contributed by atoms with van der Waals surface area (Å²) in [6.07, 6.45) is 0. The van der Waals surface area contributed by atoms with Crippen molar-refractivity contribution in [3.05, 3.63) is 29.6 Å². The van der Waals surface area contributed by atoms with Gasteiger partial charge < -0.3 is 11.1 Å². The average molecular weight is 207 g/mol. The fourth-order valence-corrected chi connectivity index (χ4v) is 1.27. The molecule has 0 bridgehead atoms. The molecule has 0 saturated heterocycles. The van der Waals surface area contributed by atoms with Crippen LogP contribution in [0.4, 0.5) is 22.0 Å². The molecule has 0 amide bonds. The third-order valence-corrected chi connectivity index (χ3v) is 1.80. The Balaban J connectivity index is 2.24. The normalized spacial score (nSPS) is 10.3. The molecule has 0 atom stereocenters. The van der Waals surface area contributed by atoms with Crippen LogP contribution in [0.3, 0.4) is 0 Å². The molecule has 0 fully saturated rings. The first-order valence-corrected chi connectivity index (χ1v) is 4.35. The average Bonchev–Trinajstić information content (AvgIpc) is 2.49. The summed E-state index contributed by atoms with van der Waals surface area (Å²) in [6, 6.07) is 4.59. The summed E-state index contributed by atoms with van der Waals surface area (Å²) in [7, 11) is 0. The van der Waals surface area contributed by atoms with Gasteiger partial charge in [-0.05, 0) is 30.7 Å². The van der Waals surface area contributed by atoms with Gasteiger partial charge in [-0.1, -0.05) is 0 Å². The minimum atomic E-state index is -0.305. The van der Waals surface area contributed by atoms with E-state index < -0.39 is 0 Å². The number of nitrogens with two attached hydrogens (primary N) is 1. The number of H-pyrrole nitrogens is 1. The van der Waals surface area contributed by atoms with Crippen molar-refractivity contribution < 1.29 is 4.39 Å². The van der Waals surface area contributed by atoms with Gasteiger partial charge in [-0.15, -0.1) is 5.10 Å².